The number of halogens is 3. The van der Waals surface area contributed by atoms with Crippen molar-refractivity contribution in [2.75, 3.05) is 32.1 Å². The van der Waals surface area contributed by atoms with Gasteiger partial charge in [-0.3, -0.25) is 9.78 Å². The Morgan fingerprint density at radius 3 is 2.83 bits per heavy atom. The molecule has 4 aromatic rings. The Kier molecular flexibility index (Phi) is 6.17. The van der Waals surface area contributed by atoms with Crippen LogP contribution in [0.25, 0.3) is 32.9 Å². The molecule has 3 heterocycles. The number of anilines is 1. The normalized spacial score (nSPS) is 15.5. The summed E-state index contributed by atoms with van der Waals surface area (Å²) < 4.78 is 35.6. The standard InChI is InChI=1S/C26H22ClF2N5O2/c1-4-19(35)34-11-10-15(13-34)33(2)25-17-12-30-23(22(29)24(17)31-26(32-25)36-3)16-7-5-6-14-8-9-18(28)21(27)20(14)16/h4-9,12,15H,1,10-11,13H2,2-3H3. The average Bonchev–Trinajstić information content (AvgIpc) is 3.40. The van der Waals surface area contributed by atoms with E-state index in [1.165, 1.54) is 25.4 Å². The van der Waals surface area contributed by atoms with Gasteiger partial charge in [0.05, 0.1) is 17.5 Å². The Hall–Kier alpha value is -3.85. The number of carbonyl (C=O) groups excluding carboxylic acids is 1. The van der Waals surface area contributed by atoms with E-state index in [1.54, 1.807) is 29.2 Å². The molecule has 1 fully saturated rings. The van der Waals surface area contributed by atoms with Gasteiger partial charge in [0.25, 0.3) is 0 Å². The van der Waals surface area contributed by atoms with E-state index in [1.807, 2.05) is 11.9 Å². The van der Waals surface area contributed by atoms with Gasteiger partial charge < -0.3 is 14.5 Å². The third-order valence-electron chi connectivity index (χ3n) is 6.55. The summed E-state index contributed by atoms with van der Waals surface area (Å²) in [5, 5.41) is 1.29. The minimum atomic E-state index is -0.703. The van der Waals surface area contributed by atoms with Crippen LogP contribution in [0.3, 0.4) is 0 Å². The molecule has 1 aliphatic rings. The third kappa shape index (κ3) is 3.89. The first-order chi connectivity index (χ1) is 17.3. The number of likely N-dealkylation sites (N-methyl/N-ethyl adjacent to an activating group) is 1. The molecule has 1 atom stereocenters. The van der Waals surface area contributed by atoms with Crippen molar-refractivity contribution >= 4 is 45.0 Å². The smallest absolute Gasteiger partial charge is 0.318 e. The van der Waals surface area contributed by atoms with Gasteiger partial charge in [-0.2, -0.15) is 9.97 Å². The van der Waals surface area contributed by atoms with Gasteiger partial charge in [-0.15, -0.1) is 0 Å². The maximum atomic E-state index is 16.0. The monoisotopic (exact) mass is 509 g/mol. The topological polar surface area (TPSA) is 71.5 Å². The van der Waals surface area contributed by atoms with Crippen molar-refractivity contribution in [2.24, 2.45) is 0 Å². The molecule has 0 spiro atoms. The van der Waals surface area contributed by atoms with Gasteiger partial charge in [0.1, 0.15) is 22.8 Å². The number of fused-ring (bicyclic) bond motifs is 2. The van der Waals surface area contributed by atoms with Crippen molar-refractivity contribution in [2.45, 2.75) is 12.5 Å². The van der Waals surface area contributed by atoms with Crippen LogP contribution in [0, 0.1) is 11.6 Å². The number of aromatic nitrogens is 3. The number of hydrogen-bond acceptors (Lipinski definition) is 6. The first-order valence-corrected chi connectivity index (χ1v) is 11.6. The van der Waals surface area contributed by atoms with E-state index in [9.17, 15) is 9.18 Å². The van der Waals surface area contributed by atoms with Crippen LogP contribution in [0.1, 0.15) is 6.42 Å². The fourth-order valence-electron chi connectivity index (χ4n) is 4.64. The molecule has 1 saturated heterocycles. The number of nitrogens with zero attached hydrogens (tertiary/aromatic N) is 5. The van der Waals surface area contributed by atoms with Crippen LogP contribution >= 0.6 is 11.6 Å². The molecule has 0 radical (unpaired) electrons. The van der Waals surface area contributed by atoms with E-state index in [0.717, 1.165) is 0 Å². The molecule has 0 bridgehead atoms. The Balaban J connectivity index is 1.65. The summed E-state index contributed by atoms with van der Waals surface area (Å²) in [6, 6.07) is 7.92. The first kappa shape index (κ1) is 23.9. The van der Waals surface area contributed by atoms with Gasteiger partial charge in [-0.25, -0.2) is 8.78 Å². The van der Waals surface area contributed by atoms with Crippen LogP contribution in [-0.4, -0.2) is 59.0 Å². The lowest BCUT2D eigenvalue weighted by molar-refractivity contribution is -0.125. The summed E-state index contributed by atoms with van der Waals surface area (Å²) in [6.07, 6.45) is 3.49. The van der Waals surface area contributed by atoms with Crippen molar-refractivity contribution < 1.29 is 18.3 Å². The average molecular weight is 510 g/mol. The summed E-state index contributed by atoms with van der Waals surface area (Å²) >= 11 is 6.27. The molecule has 7 nitrogen and oxygen atoms in total. The molecule has 1 unspecified atom stereocenters. The van der Waals surface area contributed by atoms with Crippen LogP contribution in [0.5, 0.6) is 6.01 Å². The Morgan fingerprint density at radius 2 is 2.08 bits per heavy atom. The summed E-state index contributed by atoms with van der Waals surface area (Å²) in [4.78, 5) is 28.8. The lowest BCUT2D eigenvalue weighted by Gasteiger charge is -2.27. The van der Waals surface area contributed by atoms with Crippen LogP contribution < -0.4 is 9.64 Å². The molecule has 184 valence electrons. The highest BCUT2D eigenvalue weighted by atomic mass is 35.5. The number of methoxy groups -OCH3 is 1. The SMILES string of the molecule is C=CC(=O)N1CCC(N(C)c2nc(OC)nc3c(F)c(-c4cccc5ccc(F)c(Cl)c45)ncc23)C1. The summed E-state index contributed by atoms with van der Waals surface area (Å²) in [7, 11) is 3.23. The van der Waals surface area contributed by atoms with E-state index in [0.29, 0.717) is 47.1 Å². The van der Waals surface area contributed by atoms with E-state index >= 15 is 4.39 Å². The maximum absolute atomic E-state index is 16.0. The predicted molar refractivity (Wildman–Crippen MR) is 135 cm³/mol. The summed E-state index contributed by atoms with van der Waals surface area (Å²) in [6.45, 7) is 4.60. The minimum Gasteiger partial charge on any atom is -0.467 e. The maximum Gasteiger partial charge on any atom is 0.318 e. The zero-order valence-corrected chi connectivity index (χ0v) is 20.4. The fraction of sp³-hybridized carbons (Fsp3) is 0.231. The molecule has 2 aromatic heterocycles. The predicted octanol–water partition coefficient (Wildman–Crippen LogP) is 5.01. The van der Waals surface area contributed by atoms with Crippen LogP contribution in [0.2, 0.25) is 5.02 Å². The van der Waals surface area contributed by atoms with Gasteiger partial charge in [0.2, 0.25) is 5.91 Å². The number of rotatable bonds is 5. The quantitative estimate of drug-likeness (QED) is 0.352. The number of pyridine rings is 1. The molecule has 1 amide bonds. The fourth-order valence-corrected chi connectivity index (χ4v) is 4.91. The van der Waals surface area contributed by atoms with Crippen LogP contribution in [-0.2, 0) is 4.79 Å². The highest BCUT2D eigenvalue weighted by molar-refractivity contribution is 6.36. The van der Waals surface area contributed by atoms with Crippen molar-refractivity contribution in [1.82, 2.24) is 19.9 Å². The molecular weight excluding hydrogens is 488 g/mol. The molecule has 5 rings (SSSR count). The minimum absolute atomic E-state index is 0.00949. The summed E-state index contributed by atoms with van der Waals surface area (Å²) in [5.41, 5.74) is 0.340. The second-order valence-electron chi connectivity index (χ2n) is 8.52. The lowest BCUT2D eigenvalue weighted by Crippen LogP contribution is -2.36. The molecule has 1 aliphatic heterocycles. The molecule has 10 heteroatoms. The third-order valence-corrected chi connectivity index (χ3v) is 6.92. The highest BCUT2D eigenvalue weighted by Crippen LogP contribution is 2.38. The molecule has 0 saturated carbocycles. The number of benzene rings is 2. The Morgan fingerprint density at radius 1 is 1.28 bits per heavy atom. The van der Waals surface area contributed by atoms with Gasteiger partial charge in [0, 0.05) is 43.3 Å². The van der Waals surface area contributed by atoms with Crippen molar-refractivity contribution in [3.8, 4) is 17.3 Å². The van der Waals surface area contributed by atoms with E-state index in [4.69, 9.17) is 16.3 Å². The molecule has 0 N–H and O–H groups in total. The zero-order valence-electron chi connectivity index (χ0n) is 19.6. The van der Waals surface area contributed by atoms with Gasteiger partial charge >= 0.3 is 6.01 Å². The Bertz CT molecular complexity index is 1530. The van der Waals surface area contributed by atoms with E-state index in [-0.39, 0.29) is 34.2 Å². The first-order valence-electron chi connectivity index (χ1n) is 11.3. The lowest BCUT2D eigenvalue weighted by atomic mass is 10.0. The van der Waals surface area contributed by atoms with Crippen molar-refractivity contribution in [3.05, 3.63) is 65.8 Å². The van der Waals surface area contributed by atoms with Crippen LogP contribution in [0.15, 0.2) is 49.2 Å². The number of amides is 1. The van der Waals surface area contributed by atoms with Crippen LogP contribution in [0.4, 0.5) is 14.6 Å². The Labute approximate surface area is 211 Å². The highest BCUT2D eigenvalue weighted by Gasteiger charge is 2.30. The van der Waals surface area contributed by atoms with E-state index < -0.39 is 11.6 Å². The number of likely N-dealkylation sites (tertiary alicyclic amines) is 1. The van der Waals surface area contributed by atoms with Gasteiger partial charge in [0.15, 0.2) is 5.82 Å². The van der Waals surface area contributed by atoms with Crippen molar-refractivity contribution in [1.29, 1.82) is 0 Å². The number of hydrogen-bond donors (Lipinski definition) is 0. The number of ether oxygens (including phenoxy) is 1. The largest absolute Gasteiger partial charge is 0.467 e. The molecule has 0 aliphatic carbocycles. The molecular formula is C26H22ClF2N5O2. The molecule has 2 aromatic carbocycles. The number of carbonyl (C=O) groups is 1. The molecule has 36 heavy (non-hydrogen) atoms. The van der Waals surface area contributed by atoms with Gasteiger partial charge in [-0.05, 0) is 23.9 Å². The second kappa shape index (κ2) is 9.31. The van der Waals surface area contributed by atoms with Gasteiger partial charge in [-0.1, -0.05) is 42.4 Å². The second-order valence-corrected chi connectivity index (χ2v) is 8.90. The van der Waals surface area contributed by atoms with E-state index in [2.05, 4.69) is 21.5 Å². The van der Waals surface area contributed by atoms with Crippen molar-refractivity contribution in [3.63, 3.8) is 0 Å². The zero-order chi connectivity index (χ0) is 25.6. The summed E-state index contributed by atoms with van der Waals surface area (Å²) in [5.74, 6) is -1.02.